The summed E-state index contributed by atoms with van der Waals surface area (Å²) in [7, 11) is 0. The van der Waals surface area contributed by atoms with Crippen LogP contribution in [0.25, 0.3) is 0 Å². The molecule has 1 aliphatic heterocycles. The van der Waals surface area contributed by atoms with Crippen LogP contribution in [0.4, 0.5) is 0 Å². The Kier molecular flexibility index (Phi) is 4.87. The number of ether oxygens (including phenoxy) is 1. The minimum atomic E-state index is -0.409. The molecule has 6 nitrogen and oxygen atoms in total. The third-order valence-electron chi connectivity index (χ3n) is 3.20. The highest BCUT2D eigenvalue weighted by Gasteiger charge is 2.28. The van der Waals surface area contributed by atoms with Crippen molar-refractivity contribution in [3.63, 3.8) is 0 Å². The van der Waals surface area contributed by atoms with E-state index in [-0.39, 0.29) is 29.8 Å². The van der Waals surface area contributed by atoms with E-state index in [2.05, 4.69) is 5.32 Å². The van der Waals surface area contributed by atoms with Crippen molar-refractivity contribution in [1.29, 1.82) is 0 Å². The number of hydrogen-bond acceptors (Lipinski definition) is 5. The van der Waals surface area contributed by atoms with E-state index in [1.807, 2.05) is 6.92 Å². The molecule has 0 saturated carbocycles. The van der Waals surface area contributed by atoms with Crippen LogP contribution in [0.5, 0.6) is 5.75 Å². The lowest BCUT2D eigenvalue weighted by atomic mass is 10.1. The number of carbonyl (C=O) groups is 3. The molecule has 1 aromatic carbocycles. The lowest BCUT2D eigenvalue weighted by molar-refractivity contribution is -0.135. The van der Waals surface area contributed by atoms with Gasteiger partial charge < -0.3 is 10.1 Å². The minimum absolute atomic E-state index is 0.0666. The Hall–Kier alpha value is -2.28. The van der Waals surface area contributed by atoms with Gasteiger partial charge in [-0.2, -0.15) is 0 Å². The molecule has 0 aromatic heterocycles. The lowest BCUT2D eigenvalue weighted by Gasteiger charge is -2.28. The van der Waals surface area contributed by atoms with Crippen molar-refractivity contribution in [2.45, 2.75) is 26.8 Å². The number of ketones is 1. The molecule has 0 bridgehead atoms. The van der Waals surface area contributed by atoms with Crippen molar-refractivity contribution in [3.05, 3.63) is 29.3 Å². The van der Waals surface area contributed by atoms with Crippen molar-refractivity contribution < 1.29 is 19.1 Å². The number of Topliss-reactive ketones (excluding diaryl/α,β-unsaturated/α-hetero) is 1. The van der Waals surface area contributed by atoms with Crippen LogP contribution in [0.3, 0.4) is 0 Å². The number of rotatable bonds is 5. The predicted octanol–water partition coefficient (Wildman–Crippen LogP) is 1.42. The fourth-order valence-corrected chi connectivity index (χ4v) is 2.41. The topological polar surface area (TPSA) is 75.7 Å². The largest absolute Gasteiger partial charge is 0.494 e. The Balaban J connectivity index is 2.32. The zero-order chi connectivity index (χ0) is 16.3. The van der Waals surface area contributed by atoms with Crippen molar-refractivity contribution in [2.75, 3.05) is 6.61 Å². The van der Waals surface area contributed by atoms with Gasteiger partial charge in [0.05, 0.1) is 13.2 Å². The maximum absolute atomic E-state index is 12.0. The molecular formula is C15H16N2O4S. The molecule has 7 heteroatoms. The van der Waals surface area contributed by atoms with Crippen LogP contribution in [0.1, 0.15) is 36.2 Å². The fraction of sp³-hybridized carbons (Fsp3) is 0.333. The number of nitrogens with one attached hydrogen (secondary N) is 1. The van der Waals surface area contributed by atoms with E-state index >= 15 is 0 Å². The second kappa shape index (κ2) is 6.65. The van der Waals surface area contributed by atoms with Gasteiger partial charge in [0.25, 0.3) is 0 Å². The van der Waals surface area contributed by atoms with E-state index in [0.717, 1.165) is 0 Å². The summed E-state index contributed by atoms with van der Waals surface area (Å²) >= 11 is 5.04. The van der Waals surface area contributed by atoms with E-state index in [0.29, 0.717) is 23.5 Å². The van der Waals surface area contributed by atoms with Crippen LogP contribution in [0.15, 0.2) is 18.2 Å². The SMILES string of the molecule is CCOc1ccc(C(C)=O)cc1CN1C(=O)CC(=O)NC1=S. The molecule has 22 heavy (non-hydrogen) atoms. The van der Waals surface area contributed by atoms with E-state index in [1.165, 1.54) is 11.8 Å². The summed E-state index contributed by atoms with van der Waals surface area (Å²) in [6, 6.07) is 5.06. The van der Waals surface area contributed by atoms with Gasteiger partial charge in [-0.05, 0) is 44.3 Å². The maximum atomic E-state index is 12.0. The monoisotopic (exact) mass is 320 g/mol. The number of hydrogen-bond donors (Lipinski definition) is 1. The first-order chi connectivity index (χ1) is 10.4. The third kappa shape index (κ3) is 3.48. The predicted molar refractivity (Wildman–Crippen MR) is 83.5 cm³/mol. The Morgan fingerprint density at radius 3 is 2.73 bits per heavy atom. The first kappa shape index (κ1) is 16.1. The van der Waals surface area contributed by atoms with Crippen molar-refractivity contribution in [2.24, 2.45) is 0 Å². The molecule has 0 unspecified atom stereocenters. The average Bonchev–Trinajstić information content (AvgIpc) is 2.44. The van der Waals surface area contributed by atoms with Gasteiger partial charge in [0.1, 0.15) is 12.2 Å². The van der Waals surface area contributed by atoms with E-state index in [1.54, 1.807) is 18.2 Å². The maximum Gasteiger partial charge on any atom is 0.238 e. The molecule has 1 fully saturated rings. The molecule has 2 amide bonds. The quantitative estimate of drug-likeness (QED) is 0.504. The summed E-state index contributed by atoms with van der Waals surface area (Å²) in [5, 5.41) is 2.53. The van der Waals surface area contributed by atoms with E-state index in [9.17, 15) is 14.4 Å². The normalized spacial score (nSPS) is 14.8. The Morgan fingerprint density at radius 1 is 1.41 bits per heavy atom. The van der Waals surface area contributed by atoms with Crippen molar-refractivity contribution >= 4 is 34.9 Å². The van der Waals surface area contributed by atoms with Gasteiger partial charge in [0, 0.05) is 11.1 Å². The molecule has 116 valence electrons. The van der Waals surface area contributed by atoms with Crippen LogP contribution >= 0.6 is 12.2 Å². The summed E-state index contributed by atoms with van der Waals surface area (Å²) in [6.45, 7) is 3.92. The number of carbonyl (C=O) groups excluding carboxylic acids is 3. The number of amides is 2. The molecule has 1 aliphatic rings. The van der Waals surface area contributed by atoms with Crippen LogP contribution in [0.2, 0.25) is 0 Å². The molecule has 1 aromatic rings. The second-order valence-corrected chi connectivity index (χ2v) is 5.21. The molecular weight excluding hydrogens is 304 g/mol. The highest BCUT2D eigenvalue weighted by Crippen LogP contribution is 2.23. The van der Waals surface area contributed by atoms with Crippen LogP contribution in [-0.2, 0) is 16.1 Å². The summed E-state index contributed by atoms with van der Waals surface area (Å²) < 4.78 is 5.52. The minimum Gasteiger partial charge on any atom is -0.494 e. The van der Waals surface area contributed by atoms with Gasteiger partial charge in [0.2, 0.25) is 11.8 Å². The second-order valence-electron chi connectivity index (χ2n) is 4.82. The zero-order valence-electron chi connectivity index (χ0n) is 12.3. The van der Waals surface area contributed by atoms with Crippen molar-refractivity contribution in [3.8, 4) is 5.75 Å². The smallest absolute Gasteiger partial charge is 0.238 e. The third-order valence-corrected chi connectivity index (χ3v) is 3.52. The van der Waals surface area contributed by atoms with Gasteiger partial charge in [-0.25, -0.2) is 0 Å². The molecule has 0 aliphatic carbocycles. The first-order valence-electron chi connectivity index (χ1n) is 6.83. The summed E-state index contributed by atoms with van der Waals surface area (Å²) in [4.78, 5) is 36.1. The van der Waals surface area contributed by atoms with Gasteiger partial charge in [-0.15, -0.1) is 0 Å². The van der Waals surface area contributed by atoms with Crippen LogP contribution in [-0.4, -0.2) is 34.2 Å². The van der Waals surface area contributed by atoms with Gasteiger partial charge in [-0.1, -0.05) is 0 Å². The molecule has 2 rings (SSSR count). The fourth-order valence-electron chi connectivity index (χ4n) is 2.13. The number of benzene rings is 1. The van der Waals surface area contributed by atoms with E-state index in [4.69, 9.17) is 17.0 Å². The van der Waals surface area contributed by atoms with Crippen LogP contribution in [0, 0.1) is 0 Å². The Labute approximate surface area is 133 Å². The van der Waals surface area contributed by atoms with E-state index < -0.39 is 5.91 Å². The average molecular weight is 320 g/mol. The van der Waals surface area contributed by atoms with Crippen molar-refractivity contribution in [1.82, 2.24) is 10.2 Å². The van der Waals surface area contributed by atoms with Gasteiger partial charge >= 0.3 is 0 Å². The summed E-state index contributed by atoms with van der Waals surface area (Å²) in [6.07, 6.45) is -0.240. The molecule has 1 heterocycles. The molecule has 0 radical (unpaired) electrons. The summed E-state index contributed by atoms with van der Waals surface area (Å²) in [5.74, 6) is -0.275. The lowest BCUT2D eigenvalue weighted by Crippen LogP contribution is -2.51. The molecule has 1 N–H and O–H groups in total. The summed E-state index contributed by atoms with van der Waals surface area (Å²) in [5.41, 5.74) is 1.19. The Bertz CT molecular complexity index is 637. The first-order valence-corrected chi connectivity index (χ1v) is 7.24. The molecule has 1 saturated heterocycles. The van der Waals surface area contributed by atoms with Crippen LogP contribution < -0.4 is 10.1 Å². The Morgan fingerprint density at radius 2 is 2.14 bits per heavy atom. The number of nitrogens with zero attached hydrogens (tertiary/aromatic N) is 1. The number of thiocarbonyl (C=S) groups is 1. The zero-order valence-corrected chi connectivity index (χ0v) is 13.2. The molecule has 0 atom stereocenters. The highest BCUT2D eigenvalue weighted by molar-refractivity contribution is 7.80. The molecule has 0 spiro atoms. The highest BCUT2D eigenvalue weighted by atomic mass is 32.1. The van der Waals surface area contributed by atoms with Gasteiger partial charge in [0.15, 0.2) is 10.9 Å². The standard InChI is InChI=1S/C15H16N2O4S/c1-3-21-12-5-4-10(9(2)18)6-11(12)8-17-14(20)7-13(19)16-15(17)22/h4-6H,3,7-8H2,1-2H3,(H,16,19,22). The van der Waals surface area contributed by atoms with Gasteiger partial charge in [-0.3, -0.25) is 19.3 Å².